The number of benzene rings is 1. The smallest absolute Gasteiger partial charge is 0.410 e. The zero-order chi connectivity index (χ0) is 27.2. The molecule has 0 radical (unpaired) electrons. The highest BCUT2D eigenvalue weighted by Crippen LogP contribution is 2.29. The predicted molar refractivity (Wildman–Crippen MR) is 142 cm³/mol. The van der Waals surface area contributed by atoms with Crippen LogP contribution in [0.3, 0.4) is 0 Å². The van der Waals surface area contributed by atoms with E-state index in [-0.39, 0.29) is 23.9 Å². The Kier molecular flexibility index (Phi) is 9.31. The van der Waals surface area contributed by atoms with Crippen LogP contribution in [0.15, 0.2) is 24.3 Å². The number of anilines is 1. The van der Waals surface area contributed by atoms with Gasteiger partial charge in [-0.25, -0.2) is 4.79 Å². The molecule has 1 aromatic rings. The fourth-order valence-corrected chi connectivity index (χ4v) is 4.76. The quantitative estimate of drug-likeness (QED) is 0.525. The number of amides is 2. The lowest BCUT2D eigenvalue weighted by Crippen LogP contribution is -2.50. The number of hydrogen-bond acceptors (Lipinski definition) is 7. The normalized spacial score (nSPS) is 19.2. The van der Waals surface area contributed by atoms with Crippen molar-refractivity contribution in [1.29, 1.82) is 0 Å². The standard InChI is InChI=1S/C28H43N3O6/c1-7-35-24(32)21-11-9-14-31(20-21)22-12-8-13-23(19-22)36-28(5,6)25(33)29-15-10-16-30(18-17-29)26(34)37-27(2,3)4/h8,12-13,19,21H,7,9-11,14-18,20H2,1-6H3/t21-/m1/s1. The largest absolute Gasteiger partial charge is 0.478 e. The minimum Gasteiger partial charge on any atom is -0.478 e. The second kappa shape index (κ2) is 12.0. The molecule has 1 aromatic carbocycles. The summed E-state index contributed by atoms with van der Waals surface area (Å²) in [5.74, 6) is 0.192. The molecule has 206 valence electrons. The van der Waals surface area contributed by atoms with E-state index in [0.717, 1.165) is 25.1 Å². The highest BCUT2D eigenvalue weighted by atomic mass is 16.6. The van der Waals surface area contributed by atoms with Crippen molar-refractivity contribution in [1.82, 2.24) is 9.80 Å². The van der Waals surface area contributed by atoms with E-state index in [0.29, 0.717) is 51.5 Å². The van der Waals surface area contributed by atoms with Gasteiger partial charge in [0.2, 0.25) is 0 Å². The van der Waals surface area contributed by atoms with Gasteiger partial charge in [0.05, 0.1) is 12.5 Å². The third kappa shape index (κ3) is 8.01. The number of carbonyl (C=O) groups excluding carboxylic acids is 3. The lowest BCUT2D eigenvalue weighted by atomic mass is 9.97. The summed E-state index contributed by atoms with van der Waals surface area (Å²) in [5.41, 5.74) is -0.691. The SMILES string of the molecule is CCOC(=O)[C@@H]1CCCN(c2cccc(OC(C)(C)C(=O)N3CCCN(C(=O)OC(C)(C)C)CC3)c2)C1. The molecule has 0 saturated carbocycles. The lowest BCUT2D eigenvalue weighted by Gasteiger charge is -2.34. The van der Waals surface area contributed by atoms with Gasteiger partial charge in [0, 0.05) is 51.0 Å². The minimum absolute atomic E-state index is 0.121. The fourth-order valence-electron chi connectivity index (χ4n) is 4.76. The Morgan fingerprint density at radius 2 is 1.65 bits per heavy atom. The monoisotopic (exact) mass is 517 g/mol. The number of piperidine rings is 1. The zero-order valence-electron chi connectivity index (χ0n) is 23.2. The van der Waals surface area contributed by atoms with Crippen molar-refractivity contribution in [3.63, 3.8) is 0 Å². The van der Waals surface area contributed by atoms with Crippen LogP contribution in [-0.2, 0) is 19.1 Å². The highest BCUT2D eigenvalue weighted by molar-refractivity contribution is 5.85. The minimum atomic E-state index is -1.09. The number of esters is 1. The first-order valence-corrected chi connectivity index (χ1v) is 13.4. The summed E-state index contributed by atoms with van der Waals surface area (Å²) >= 11 is 0. The second-order valence-corrected chi connectivity index (χ2v) is 11.3. The number of nitrogens with zero attached hydrogens (tertiary/aromatic N) is 3. The summed E-state index contributed by atoms with van der Waals surface area (Å²) < 4.78 is 17.0. The average Bonchev–Trinajstić information content (AvgIpc) is 3.09. The van der Waals surface area contributed by atoms with Crippen molar-refractivity contribution < 1.29 is 28.6 Å². The van der Waals surface area contributed by atoms with Crippen molar-refractivity contribution >= 4 is 23.7 Å². The van der Waals surface area contributed by atoms with Gasteiger partial charge in [-0.1, -0.05) is 6.07 Å². The van der Waals surface area contributed by atoms with Crippen LogP contribution in [0.25, 0.3) is 0 Å². The van der Waals surface area contributed by atoms with E-state index in [4.69, 9.17) is 14.2 Å². The molecule has 0 spiro atoms. The van der Waals surface area contributed by atoms with E-state index >= 15 is 0 Å². The fraction of sp³-hybridized carbons (Fsp3) is 0.679. The molecule has 9 nitrogen and oxygen atoms in total. The van der Waals surface area contributed by atoms with Crippen LogP contribution in [0.4, 0.5) is 10.5 Å². The Morgan fingerprint density at radius 1 is 0.946 bits per heavy atom. The van der Waals surface area contributed by atoms with Gasteiger partial charge in [0.15, 0.2) is 5.60 Å². The maximum atomic E-state index is 13.5. The molecule has 0 aromatic heterocycles. The maximum Gasteiger partial charge on any atom is 0.410 e. The van der Waals surface area contributed by atoms with Gasteiger partial charge in [0.25, 0.3) is 5.91 Å². The molecule has 9 heteroatoms. The molecule has 2 amide bonds. The third-order valence-electron chi connectivity index (χ3n) is 6.55. The van der Waals surface area contributed by atoms with Gasteiger partial charge in [-0.15, -0.1) is 0 Å². The molecular formula is C28H43N3O6. The van der Waals surface area contributed by atoms with Crippen LogP contribution >= 0.6 is 0 Å². The summed E-state index contributed by atoms with van der Waals surface area (Å²) in [6, 6.07) is 7.67. The Labute approximate surface area is 221 Å². The van der Waals surface area contributed by atoms with Gasteiger partial charge >= 0.3 is 12.1 Å². The number of carbonyl (C=O) groups is 3. The molecule has 0 unspecified atom stereocenters. The highest BCUT2D eigenvalue weighted by Gasteiger charge is 2.36. The Bertz CT molecular complexity index is 957. The van der Waals surface area contributed by atoms with Crippen LogP contribution in [0.2, 0.25) is 0 Å². The van der Waals surface area contributed by atoms with E-state index in [1.54, 1.807) is 23.6 Å². The first-order chi connectivity index (χ1) is 17.4. The Balaban J connectivity index is 1.62. The zero-order valence-corrected chi connectivity index (χ0v) is 23.2. The summed E-state index contributed by atoms with van der Waals surface area (Å²) in [6.07, 6.45) is 2.06. The van der Waals surface area contributed by atoms with Gasteiger partial charge in [-0.05, 0) is 72.9 Å². The van der Waals surface area contributed by atoms with Crippen LogP contribution in [0, 0.1) is 5.92 Å². The molecule has 1 atom stereocenters. The Hall–Kier alpha value is -2.97. The Morgan fingerprint density at radius 3 is 2.35 bits per heavy atom. The summed E-state index contributed by atoms with van der Waals surface area (Å²) in [4.78, 5) is 43.8. The molecule has 0 bridgehead atoms. The van der Waals surface area contributed by atoms with Crippen molar-refractivity contribution in [3.05, 3.63) is 24.3 Å². The second-order valence-electron chi connectivity index (χ2n) is 11.3. The van der Waals surface area contributed by atoms with Crippen LogP contribution in [0.1, 0.15) is 60.8 Å². The first kappa shape index (κ1) is 28.6. The number of hydrogen-bond donors (Lipinski definition) is 0. The molecule has 2 aliphatic heterocycles. The van der Waals surface area contributed by atoms with Crippen LogP contribution in [0.5, 0.6) is 5.75 Å². The number of rotatable bonds is 6. The summed E-state index contributed by atoms with van der Waals surface area (Å²) in [6.45, 7) is 14.7. The van der Waals surface area contributed by atoms with Crippen LogP contribution in [-0.4, -0.2) is 84.8 Å². The first-order valence-electron chi connectivity index (χ1n) is 13.4. The van der Waals surface area contributed by atoms with E-state index in [1.807, 2.05) is 52.0 Å². The molecule has 2 saturated heterocycles. The maximum absolute atomic E-state index is 13.5. The molecule has 2 heterocycles. The molecule has 37 heavy (non-hydrogen) atoms. The van der Waals surface area contributed by atoms with Gasteiger partial charge in [-0.3, -0.25) is 9.59 Å². The predicted octanol–water partition coefficient (Wildman–Crippen LogP) is 4.09. The molecule has 2 fully saturated rings. The summed E-state index contributed by atoms with van der Waals surface area (Å²) in [7, 11) is 0. The van der Waals surface area contributed by atoms with E-state index in [2.05, 4.69) is 4.90 Å². The molecular weight excluding hydrogens is 474 g/mol. The molecule has 3 rings (SSSR count). The molecule has 0 aliphatic carbocycles. The van der Waals surface area contributed by atoms with Crippen molar-refractivity contribution in [3.8, 4) is 5.75 Å². The number of ether oxygens (including phenoxy) is 3. The molecule has 2 aliphatic rings. The van der Waals surface area contributed by atoms with Crippen molar-refractivity contribution in [2.75, 3.05) is 50.8 Å². The third-order valence-corrected chi connectivity index (χ3v) is 6.55. The average molecular weight is 518 g/mol. The van der Waals surface area contributed by atoms with E-state index < -0.39 is 11.2 Å². The summed E-state index contributed by atoms with van der Waals surface area (Å²) in [5, 5.41) is 0. The van der Waals surface area contributed by atoms with Gasteiger partial charge < -0.3 is 28.9 Å². The molecule has 0 N–H and O–H groups in total. The van der Waals surface area contributed by atoms with Crippen LogP contribution < -0.4 is 9.64 Å². The van der Waals surface area contributed by atoms with Crippen molar-refractivity contribution in [2.24, 2.45) is 5.92 Å². The van der Waals surface area contributed by atoms with Crippen molar-refractivity contribution in [2.45, 2.75) is 72.0 Å². The van der Waals surface area contributed by atoms with E-state index in [1.165, 1.54) is 0 Å². The topological polar surface area (TPSA) is 88.6 Å². The lowest BCUT2D eigenvalue weighted by molar-refractivity contribution is -0.148. The van der Waals surface area contributed by atoms with E-state index in [9.17, 15) is 14.4 Å². The van der Waals surface area contributed by atoms with Gasteiger partial charge in [-0.2, -0.15) is 0 Å². The van der Waals surface area contributed by atoms with Gasteiger partial charge in [0.1, 0.15) is 11.4 Å².